The molecule has 2 rings (SSSR count). The lowest BCUT2D eigenvalue weighted by Crippen LogP contribution is -2.39. The number of Topliss-reactive ketones (excluding diaryl/α,β-unsaturated/α-hetero) is 2. The molecule has 0 N–H and O–H groups in total. The van der Waals surface area contributed by atoms with Crippen LogP contribution in [0, 0.1) is 0 Å². The molecule has 0 saturated heterocycles. The van der Waals surface area contributed by atoms with E-state index < -0.39 is 23.0 Å². The first kappa shape index (κ1) is 12.2. The van der Waals surface area contributed by atoms with Crippen LogP contribution in [-0.4, -0.2) is 23.0 Å². The molecule has 0 saturated carbocycles. The summed E-state index contributed by atoms with van der Waals surface area (Å²) in [6.07, 6.45) is -4.96. The van der Waals surface area contributed by atoms with Crippen molar-refractivity contribution in [3.05, 3.63) is 35.4 Å². The van der Waals surface area contributed by atoms with E-state index in [1.807, 2.05) is 0 Å². The molecule has 1 heterocycles. The van der Waals surface area contributed by atoms with E-state index in [1.54, 1.807) is 18.2 Å². The molecule has 17 heavy (non-hydrogen) atoms. The second kappa shape index (κ2) is 4.18. The Balaban J connectivity index is 2.33. The summed E-state index contributed by atoms with van der Waals surface area (Å²) in [6, 6.07) is 6.41. The van der Waals surface area contributed by atoms with Crippen molar-refractivity contribution in [1.82, 2.24) is 0 Å². The Morgan fingerprint density at radius 3 is 2.59 bits per heavy atom. The minimum Gasteiger partial charge on any atom is -0.292 e. The van der Waals surface area contributed by atoms with Crippen molar-refractivity contribution in [3.63, 3.8) is 0 Å². The SMILES string of the molecule is O=C1c2ccccc2CSC1C(=O)C(F)(F)F. The number of alkyl halides is 3. The van der Waals surface area contributed by atoms with Crippen LogP contribution in [0.5, 0.6) is 0 Å². The van der Waals surface area contributed by atoms with E-state index in [1.165, 1.54) is 6.07 Å². The maximum absolute atomic E-state index is 12.3. The number of hydrogen-bond donors (Lipinski definition) is 0. The van der Waals surface area contributed by atoms with E-state index in [-0.39, 0.29) is 11.3 Å². The summed E-state index contributed by atoms with van der Waals surface area (Å²) < 4.78 is 36.8. The van der Waals surface area contributed by atoms with Gasteiger partial charge in [0.1, 0.15) is 5.25 Å². The highest BCUT2D eigenvalue weighted by molar-refractivity contribution is 8.00. The third-order valence-corrected chi connectivity index (χ3v) is 3.68. The molecule has 0 spiro atoms. The third-order valence-electron chi connectivity index (χ3n) is 2.44. The first-order chi connectivity index (χ1) is 7.91. The van der Waals surface area contributed by atoms with Crippen LogP contribution in [0.4, 0.5) is 13.2 Å². The quantitative estimate of drug-likeness (QED) is 0.728. The molecule has 1 atom stereocenters. The molecule has 6 heteroatoms. The van der Waals surface area contributed by atoms with Crippen LogP contribution < -0.4 is 0 Å². The Labute approximate surface area is 99.2 Å². The molecular formula is C11H7F3O2S. The summed E-state index contributed by atoms with van der Waals surface area (Å²) in [5, 5.41) is -1.65. The van der Waals surface area contributed by atoms with Gasteiger partial charge in [-0.3, -0.25) is 9.59 Å². The van der Waals surface area contributed by atoms with Gasteiger partial charge in [0.05, 0.1) is 0 Å². The second-order valence-corrected chi connectivity index (χ2v) is 4.67. The number of fused-ring (bicyclic) bond motifs is 1. The molecular weight excluding hydrogens is 253 g/mol. The van der Waals surface area contributed by atoms with E-state index in [2.05, 4.69) is 0 Å². The molecule has 0 amide bonds. The zero-order valence-corrected chi connectivity index (χ0v) is 9.27. The van der Waals surface area contributed by atoms with Crippen molar-refractivity contribution in [1.29, 1.82) is 0 Å². The highest BCUT2D eigenvalue weighted by atomic mass is 32.2. The lowest BCUT2D eigenvalue weighted by atomic mass is 10.00. The number of carbonyl (C=O) groups is 2. The van der Waals surface area contributed by atoms with Crippen LogP contribution in [-0.2, 0) is 10.5 Å². The third kappa shape index (κ3) is 2.22. The van der Waals surface area contributed by atoms with Gasteiger partial charge >= 0.3 is 6.18 Å². The highest BCUT2D eigenvalue weighted by Gasteiger charge is 2.48. The van der Waals surface area contributed by atoms with E-state index in [0.717, 1.165) is 11.8 Å². The maximum Gasteiger partial charge on any atom is 0.451 e. The number of carbonyl (C=O) groups excluding carboxylic acids is 2. The topological polar surface area (TPSA) is 34.1 Å². The lowest BCUT2D eigenvalue weighted by Gasteiger charge is -2.22. The van der Waals surface area contributed by atoms with Gasteiger partial charge in [-0.15, -0.1) is 11.8 Å². The van der Waals surface area contributed by atoms with E-state index >= 15 is 0 Å². The summed E-state index contributed by atoms with van der Waals surface area (Å²) in [7, 11) is 0. The molecule has 0 bridgehead atoms. The molecule has 2 nitrogen and oxygen atoms in total. The monoisotopic (exact) mass is 260 g/mol. The van der Waals surface area contributed by atoms with Crippen LogP contribution >= 0.6 is 11.8 Å². The zero-order chi connectivity index (χ0) is 12.6. The van der Waals surface area contributed by atoms with Crippen LogP contribution in [0.25, 0.3) is 0 Å². The predicted molar refractivity (Wildman–Crippen MR) is 56.9 cm³/mol. The number of benzene rings is 1. The average Bonchev–Trinajstić information content (AvgIpc) is 2.28. The van der Waals surface area contributed by atoms with E-state index in [9.17, 15) is 22.8 Å². The number of halogens is 3. The fourth-order valence-corrected chi connectivity index (χ4v) is 2.78. The van der Waals surface area contributed by atoms with Crippen molar-refractivity contribution in [2.24, 2.45) is 0 Å². The van der Waals surface area contributed by atoms with Gasteiger partial charge < -0.3 is 0 Å². The van der Waals surface area contributed by atoms with Crippen molar-refractivity contribution < 1.29 is 22.8 Å². The Bertz CT molecular complexity index is 482. The van der Waals surface area contributed by atoms with E-state index in [0.29, 0.717) is 5.56 Å². The number of thioether (sulfide) groups is 1. The highest BCUT2D eigenvalue weighted by Crippen LogP contribution is 2.34. The molecule has 0 radical (unpaired) electrons. The summed E-state index contributed by atoms with van der Waals surface area (Å²) in [6.45, 7) is 0. The first-order valence-electron chi connectivity index (χ1n) is 4.76. The molecule has 1 aliphatic rings. The number of hydrogen-bond acceptors (Lipinski definition) is 3. The summed E-state index contributed by atoms with van der Waals surface area (Å²) in [5.74, 6) is -2.48. The van der Waals surface area contributed by atoms with E-state index in [4.69, 9.17) is 0 Å². The van der Waals surface area contributed by atoms with Crippen LogP contribution in [0.15, 0.2) is 24.3 Å². The molecule has 1 unspecified atom stereocenters. The molecule has 0 aromatic heterocycles. The normalized spacial score (nSPS) is 19.9. The fourth-order valence-electron chi connectivity index (χ4n) is 1.62. The van der Waals surface area contributed by atoms with Crippen LogP contribution in [0.1, 0.15) is 15.9 Å². The van der Waals surface area contributed by atoms with Crippen molar-refractivity contribution in [3.8, 4) is 0 Å². The standard InChI is InChI=1S/C11H7F3O2S/c12-11(13,14)10(16)9-8(15)7-4-2-1-3-6(7)5-17-9/h1-4,9H,5H2. The van der Waals surface area contributed by atoms with Gasteiger partial charge in [-0.05, 0) is 5.56 Å². The predicted octanol–water partition coefficient (Wildman–Crippen LogP) is 2.62. The maximum atomic E-state index is 12.3. The van der Waals surface area contributed by atoms with Crippen molar-refractivity contribution >= 4 is 23.3 Å². The smallest absolute Gasteiger partial charge is 0.292 e. The fraction of sp³-hybridized carbons (Fsp3) is 0.273. The van der Waals surface area contributed by atoms with Crippen LogP contribution in [0.3, 0.4) is 0 Å². The number of rotatable bonds is 1. The molecule has 1 aromatic rings. The Hall–Kier alpha value is -1.30. The molecule has 1 aliphatic heterocycles. The van der Waals surface area contributed by atoms with Gasteiger partial charge in [0.25, 0.3) is 5.78 Å². The Kier molecular flexibility index (Phi) is 2.99. The minimum absolute atomic E-state index is 0.217. The van der Waals surface area contributed by atoms with Gasteiger partial charge in [-0.25, -0.2) is 0 Å². The van der Waals surface area contributed by atoms with Gasteiger partial charge in [-0.2, -0.15) is 13.2 Å². The minimum atomic E-state index is -4.96. The van der Waals surface area contributed by atoms with Crippen LogP contribution in [0.2, 0.25) is 0 Å². The van der Waals surface area contributed by atoms with Crippen molar-refractivity contribution in [2.45, 2.75) is 17.2 Å². The summed E-state index contributed by atoms with van der Waals surface area (Å²) in [4.78, 5) is 22.8. The first-order valence-corrected chi connectivity index (χ1v) is 5.81. The molecule has 1 aromatic carbocycles. The molecule has 90 valence electrons. The van der Waals surface area contributed by atoms with Crippen molar-refractivity contribution in [2.75, 3.05) is 0 Å². The molecule has 0 aliphatic carbocycles. The van der Waals surface area contributed by atoms with Gasteiger partial charge in [-0.1, -0.05) is 24.3 Å². The van der Waals surface area contributed by atoms with Gasteiger partial charge in [0, 0.05) is 11.3 Å². The largest absolute Gasteiger partial charge is 0.451 e. The zero-order valence-electron chi connectivity index (χ0n) is 8.45. The second-order valence-electron chi connectivity index (χ2n) is 3.57. The lowest BCUT2D eigenvalue weighted by molar-refractivity contribution is -0.169. The number of ketones is 2. The Morgan fingerprint density at radius 2 is 1.94 bits per heavy atom. The van der Waals surface area contributed by atoms with Gasteiger partial charge in [0.15, 0.2) is 5.78 Å². The summed E-state index contributed by atoms with van der Waals surface area (Å²) >= 11 is 0.730. The Morgan fingerprint density at radius 1 is 1.29 bits per heavy atom. The summed E-state index contributed by atoms with van der Waals surface area (Å²) in [5.41, 5.74) is 0.891. The van der Waals surface area contributed by atoms with Gasteiger partial charge in [0.2, 0.25) is 0 Å². The molecule has 0 fully saturated rings. The average molecular weight is 260 g/mol.